The number of carbonyl (C=O) groups excluding carboxylic acids is 1. The van der Waals surface area contributed by atoms with Crippen molar-refractivity contribution in [2.24, 2.45) is 5.92 Å². The number of nitrogens with zero attached hydrogens (tertiary/aromatic N) is 5. The maximum absolute atomic E-state index is 13.6. The molecular weight excluding hydrogens is 350 g/mol. The van der Waals surface area contributed by atoms with E-state index in [1.165, 1.54) is 0 Å². The monoisotopic (exact) mass is 377 g/mol. The largest absolute Gasteiger partial charge is 0.329 e. The van der Waals surface area contributed by atoms with Crippen molar-refractivity contribution in [2.75, 3.05) is 6.54 Å². The highest BCUT2D eigenvalue weighted by Gasteiger charge is 2.32. The third-order valence-electron chi connectivity index (χ3n) is 5.50. The number of benzene rings is 1. The van der Waals surface area contributed by atoms with Gasteiger partial charge in [-0.05, 0) is 44.7 Å². The molecule has 0 saturated carbocycles. The molecule has 1 aliphatic heterocycles. The average Bonchev–Trinajstić information content (AvgIpc) is 3.02. The summed E-state index contributed by atoms with van der Waals surface area (Å²) >= 11 is 0. The van der Waals surface area contributed by atoms with Gasteiger partial charge < -0.3 is 9.47 Å². The van der Waals surface area contributed by atoms with Crippen LogP contribution in [-0.2, 0) is 6.54 Å². The summed E-state index contributed by atoms with van der Waals surface area (Å²) in [7, 11) is 0. The lowest BCUT2D eigenvalue weighted by atomic mass is 9.99. The van der Waals surface area contributed by atoms with Crippen LogP contribution in [0.5, 0.6) is 0 Å². The average molecular weight is 377 g/mol. The maximum Gasteiger partial charge on any atom is 0.255 e. The second-order valence-electron chi connectivity index (χ2n) is 8.28. The van der Waals surface area contributed by atoms with Crippen LogP contribution < -0.4 is 0 Å². The summed E-state index contributed by atoms with van der Waals surface area (Å²) in [4.78, 5) is 20.1. The second-order valence-corrected chi connectivity index (χ2v) is 8.28. The molecule has 1 aliphatic rings. The van der Waals surface area contributed by atoms with E-state index in [9.17, 15) is 4.79 Å². The van der Waals surface area contributed by atoms with Crippen LogP contribution in [0.3, 0.4) is 0 Å². The van der Waals surface area contributed by atoms with Crippen molar-refractivity contribution >= 4 is 16.8 Å². The van der Waals surface area contributed by atoms with Crippen molar-refractivity contribution < 1.29 is 4.79 Å². The van der Waals surface area contributed by atoms with Gasteiger partial charge in [0, 0.05) is 17.6 Å². The van der Waals surface area contributed by atoms with Crippen LogP contribution in [0, 0.1) is 26.7 Å². The van der Waals surface area contributed by atoms with Crippen molar-refractivity contribution in [1.29, 1.82) is 0 Å². The molecule has 0 bridgehead atoms. The fourth-order valence-electron chi connectivity index (χ4n) is 4.31. The number of aromatic nitrogens is 4. The molecule has 0 aliphatic carbocycles. The van der Waals surface area contributed by atoms with Crippen LogP contribution in [0.25, 0.3) is 10.9 Å². The number of fused-ring (bicyclic) bond motifs is 2. The smallest absolute Gasteiger partial charge is 0.255 e. The van der Waals surface area contributed by atoms with Crippen molar-refractivity contribution in [3.05, 3.63) is 52.7 Å². The number of amides is 1. The Kier molecular flexibility index (Phi) is 4.65. The van der Waals surface area contributed by atoms with Gasteiger partial charge >= 0.3 is 0 Å². The minimum atomic E-state index is 0.0433. The third kappa shape index (κ3) is 3.17. The Labute approximate surface area is 165 Å². The number of hydrogen-bond acceptors (Lipinski definition) is 4. The highest BCUT2D eigenvalue weighted by Crippen LogP contribution is 2.30. The SMILES string of the molecule is Cc1cc(C(=O)N2Cc3nnc(C)n3[C@@H](CC(C)C)C2)c2cccc(C)c2n1. The summed E-state index contributed by atoms with van der Waals surface area (Å²) in [5.41, 5.74) is 3.57. The van der Waals surface area contributed by atoms with E-state index in [2.05, 4.69) is 33.6 Å². The minimum absolute atomic E-state index is 0.0433. The Morgan fingerprint density at radius 1 is 1.21 bits per heavy atom. The standard InChI is InChI=1S/C22H27N5O/c1-13(2)9-17-11-26(12-20-25-24-16(5)27(17)20)22(28)19-10-15(4)23-21-14(3)7-6-8-18(19)21/h6-8,10,13,17H,9,11-12H2,1-5H3/t17-/m0/s1. The van der Waals surface area contributed by atoms with E-state index in [0.29, 0.717) is 19.0 Å². The molecule has 0 unspecified atom stereocenters. The van der Waals surface area contributed by atoms with E-state index >= 15 is 0 Å². The zero-order valence-corrected chi connectivity index (χ0v) is 17.2. The molecule has 28 heavy (non-hydrogen) atoms. The van der Waals surface area contributed by atoms with Gasteiger partial charge in [-0.3, -0.25) is 9.78 Å². The van der Waals surface area contributed by atoms with Gasteiger partial charge in [0.1, 0.15) is 5.82 Å². The van der Waals surface area contributed by atoms with Crippen molar-refractivity contribution in [3.8, 4) is 0 Å². The molecule has 4 rings (SSSR count). The van der Waals surface area contributed by atoms with Crippen LogP contribution in [0.15, 0.2) is 24.3 Å². The Morgan fingerprint density at radius 2 is 2.00 bits per heavy atom. The number of hydrogen-bond donors (Lipinski definition) is 0. The van der Waals surface area contributed by atoms with Gasteiger partial charge in [-0.25, -0.2) is 0 Å². The first-order valence-electron chi connectivity index (χ1n) is 9.91. The van der Waals surface area contributed by atoms with Crippen LogP contribution in [0.1, 0.15) is 59.6 Å². The molecule has 1 aromatic carbocycles. The van der Waals surface area contributed by atoms with Crippen LogP contribution in [0.4, 0.5) is 0 Å². The molecule has 146 valence electrons. The highest BCUT2D eigenvalue weighted by molar-refractivity contribution is 6.06. The first kappa shape index (κ1) is 18.6. The highest BCUT2D eigenvalue weighted by atomic mass is 16.2. The lowest BCUT2D eigenvalue weighted by Gasteiger charge is -2.35. The minimum Gasteiger partial charge on any atom is -0.329 e. The van der Waals surface area contributed by atoms with Gasteiger partial charge in [0.05, 0.1) is 23.7 Å². The first-order valence-corrected chi connectivity index (χ1v) is 9.91. The van der Waals surface area contributed by atoms with Gasteiger partial charge in [-0.1, -0.05) is 32.0 Å². The Hall–Kier alpha value is -2.76. The third-order valence-corrected chi connectivity index (χ3v) is 5.50. The molecule has 3 heterocycles. The van der Waals surface area contributed by atoms with Crippen LogP contribution in [-0.4, -0.2) is 37.1 Å². The normalized spacial score (nSPS) is 16.6. The lowest BCUT2D eigenvalue weighted by molar-refractivity contribution is 0.0662. The first-order chi connectivity index (χ1) is 13.3. The molecule has 6 nitrogen and oxygen atoms in total. The summed E-state index contributed by atoms with van der Waals surface area (Å²) in [6.45, 7) is 11.6. The van der Waals surface area contributed by atoms with Gasteiger partial charge in [-0.15, -0.1) is 10.2 Å². The number of pyridine rings is 1. The Bertz CT molecular complexity index is 1050. The summed E-state index contributed by atoms with van der Waals surface area (Å²) in [5.74, 6) is 2.37. The van der Waals surface area contributed by atoms with E-state index in [1.807, 2.05) is 49.9 Å². The summed E-state index contributed by atoms with van der Waals surface area (Å²) in [6.07, 6.45) is 0.991. The maximum atomic E-state index is 13.6. The molecule has 6 heteroatoms. The van der Waals surface area contributed by atoms with E-state index in [0.717, 1.165) is 45.8 Å². The molecule has 2 aromatic heterocycles. The molecule has 0 radical (unpaired) electrons. The molecule has 0 fully saturated rings. The summed E-state index contributed by atoms with van der Waals surface area (Å²) in [6, 6.07) is 8.13. The van der Waals surface area contributed by atoms with Crippen molar-refractivity contribution in [1.82, 2.24) is 24.6 Å². The number of carbonyl (C=O) groups is 1. The van der Waals surface area contributed by atoms with Gasteiger partial charge in [0.2, 0.25) is 0 Å². The van der Waals surface area contributed by atoms with Crippen LogP contribution >= 0.6 is 0 Å². The molecular formula is C22H27N5O. The van der Waals surface area contributed by atoms with Crippen molar-refractivity contribution in [3.63, 3.8) is 0 Å². The molecule has 0 saturated heterocycles. The van der Waals surface area contributed by atoms with E-state index in [1.54, 1.807) is 0 Å². The van der Waals surface area contributed by atoms with E-state index in [-0.39, 0.29) is 11.9 Å². The Balaban J connectivity index is 1.75. The molecule has 0 N–H and O–H groups in total. The second kappa shape index (κ2) is 7.00. The summed E-state index contributed by atoms with van der Waals surface area (Å²) in [5, 5.41) is 9.52. The van der Waals surface area contributed by atoms with E-state index in [4.69, 9.17) is 0 Å². The summed E-state index contributed by atoms with van der Waals surface area (Å²) < 4.78 is 2.21. The van der Waals surface area contributed by atoms with E-state index < -0.39 is 0 Å². The quantitative estimate of drug-likeness (QED) is 0.692. The fraction of sp³-hybridized carbons (Fsp3) is 0.455. The van der Waals surface area contributed by atoms with Gasteiger partial charge in [0.15, 0.2) is 5.82 Å². The fourth-order valence-corrected chi connectivity index (χ4v) is 4.31. The number of aryl methyl sites for hydroxylation is 3. The molecule has 0 spiro atoms. The van der Waals surface area contributed by atoms with Gasteiger partial charge in [0.25, 0.3) is 5.91 Å². The molecule has 3 aromatic rings. The zero-order valence-electron chi connectivity index (χ0n) is 17.2. The van der Waals surface area contributed by atoms with Crippen molar-refractivity contribution in [2.45, 2.75) is 53.6 Å². The van der Waals surface area contributed by atoms with Crippen LogP contribution in [0.2, 0.25) is 0 Å². The number of rotatable bonds is 3. The topological polar surface area (TPSA) is 63.9 Å². The Morgan fingerprint density at radius 3 is 2.75 bits per heavy atom. The van der Waals surface area contributed by atoms with Gasteiger partial charge in [-0.2, -0.15) is 0 Å². The zero-order chi connectivity index (χ0) is 20.0. The molecule has 1 atom stereocenters. The number of para-hydroxylation sites is 1. The lowest BCUT2D eigenvalue weighted by Crippen LogP contribution is -2.42. The molecule has 1 amide bonds. The predicted octanol–water partition coefficient (Wildman–Crippen LogP) is 3.99. The predicted molar refractivity (Wildman–Crippen MR) is 109 cm³/mol.